The van der Waals surface area contributed by atoms with Crippen molar-refractivity contribution < 1.29 is 36.6 Å². The second-order valence-electron chi connectivity index (χ2n) is 5.19. The monoisotopic (exact) mass is 411 g/mol. The Labute approximate surface area is 141 Å². The molecule has 1 saturated heterocycles. The number of anilines is 1. The molecule has 0 unspecified atom stereocenters. The number of alkyl halides is 3. The number of cyclic esters (lactones) is 2. The zero-order valence-electron chi connectivity index (χ0n) is 12.3. The first-order valence-electron chi connectivity index (χ1n) is 6.40. The molecule has 5 nitrogen and oxygen atoms in total. The fraction of sp³-hybridized carbons (Fsp3) is 0.286. The molecule has 0 bridgehead atoms. The zero-order valence-corrected chi connectivity index (χ0v) is 13.8. The molecular weight excluding hydrogens is 402 g/mol. The van der Waals surface area contributed by atoms with Crippen molar-refractivity contribution in [2.24, 2.45) is 0 Å². The molecule has 0 saturated carbocycles. The van der Waals surface area contributed by atoms with Crippen LogP contribution < -0.4 is 5.32 Å². The third kappa shape index (κ3) is 3.86. The molecule has 1 aliphatic rings. The van der Waals surface area contributed by atoms with Crippen molar-refractivity contribution in [3.05, 3.63) is 39.8 Å². The molecule has 1 heterocycles. The van der Waals surface area contributed by atoms with Crippen LogP contribution in [0, 0.1) is 5.82 Å². The lowest BCUT2D eigenvalue weighted by Gasteiger charge is -2.29. The Morgan fingerprint density at radius 1 is 1.17 bits per heavy atom. The van der Waals surface area contributed by atoms with Gasteiger partial charge in [-0.15, -0.1) is 0 Å². The van der Waals surface area contributed by atoms with Crippen LogP contribution in [0.1, 0.15) is 19.4 Å². The lowest BCUT2D eigenvalue weighted by Crippen LogP contribution is -2.42. The Morgan fingerprint density at radius 2 is 1.71 bits per heavy atom. The van der Waals surface area contributed by atoms with Crippen LogP contribution in [0.25, 0.3) is 0 Å². The van der Waals surface area contributed by atoms with Crippen LogP contribution in [0.5, 0.6) is 0 Å². The molecule has 2 rings (SSSR count). The van der Waals surface area contributed by atoms with Gasteiger partial charge in [-0.2, -0.15) is 13.2 Å². The summed E-state index contributed by atoms with van der Waals surface area (Å²) in [7, 11) is 0. The fourth-order valence-electron chi connectivity index (χ4n) is 1.87. The summed E-state index contributed by atoms with van der Waals surface area (Å²) in [6, 6.07) is 1.09. The van der Waals surface area contributed by atoms with E-state index in [2.05, 4.69) is 21.2 Å². The maximum Gasteiger partial charge on any atom is 0.418 e. The Hall–Kier alpha value is -2.10. The van der Waals surface area contributed by atoms with E-state index in [1.54, 1.807) is 0 Å². The van der Waals surface area contributed by atoms with Crippen LogP contribution in [0.15, 0.2) is 28.4 Å². The number of hydrogen-bond acceptors (Lipinski definition) is 5. The predicted molar refractivity (Wildman–Crippen MR) is 77.1 cm³/mol. The van der Waals surface area contributed by atoms with Crippen molar-refractivity contribution in [2.45, 2.75) is 25.8 Å². The standard InChI is InChI=1S/C14H10BrF4NO4/c1-13(2)23-11(21)7(12(22)24-13)5-20-10-8(14(17,18)19)3-6(16)4-9(10)15/h3-5,20H,1-2H3. The van der Waals surface area contributed by atoms with Crippen molar-refractivity contribution in [3.8, 4) is 0 Å². The van der Waals surface area contributed by atoms with Gasteiger partial charge >= 0.3 is 18.1 Å². The molecule has 1 aliphatic heterocycles. The number of carbonyl (C=O) groups excluding carboxylic acids is 2. The van der Waals surface area contributed by atoms with Gasteiger partial charge in [-0.3, -0.25) is 0 Å². The van der Waals surface area contributed by atoms with Crippen molar-refractivity contribution in [2.75, 3.05) is 5.32 Å². The molecule has 0 aromatic heterocycles. The lowest BCUT2D eigenvalue weighted by molar-refractivity contribution is -0.222. The lowest BCUT2D eigenvalue weighted by atomic mass is 10.1. The summed E-state index contributed by atoms with van der Waals surface area (Å²) in [6.45, 7) is 2.65. The van der Waals surface area contributed by atoms with E-state index in [9.17, 15) is 27.2 Å². The highest BCUT2D eigenvalue weighted by molar-refractivity contribution is 9.10. The van der Waals surface area contributed by atoms with E-state index in [1.165, 1.54) is 13.8 Å². The van der Waals surface area contributed by atoms with E-state index in [4.69, 9.17) is 9.47 Å². The minimum absolute atomic E-state index is 0.246. The highest BCUT2D eigenvalue weighted by Gasteiger charge is 2.39. The topological polar surface area (TPSA) is 64.6 Å². The SMILES string of the molecule is CC1(C)OC(=O)C(=CNc2c(Br)cc(F)cc2C(F)(F)F)C(=O)O1. The van der Waals surface area contributed by atoms with E-state index >= 15 is 0 Å². The highest BCUT2D eigenvalue weighted by atomic mass is 79.9. The molecule has 1 aromatic carbocycles. The van der Waals surface area contributed by atoms with Crippen molar-refractivity contribution in [1.82, 2.24) is 0 Å². The second kappa shape index (κ2) is 6.08. The van der Waals surface area contributed by atoms with Crippen molar-refractivity contribution >= 4 is 33.6 Å². The quantitative estimate of drug-likeness (QED) is 0.347. The number of carbonyl (C=O) groups is 2. The number of hydrogen-bond donors (Lipinski definition) is 1. The minimum atomic E-state index is -4.86. The number of esters is 2. The molecule has 0 aliphatic carbocycles. The Balaban J connectivity index is 2.39. The van der Waals surface area contributed by atoms with Gasteiger partial charge in [-0.05, 0) is 28.1 Å². The molecule has 0 radical (unpaired) electrons. The van der Waals surface area contributed by atoms with Gasteiger partial charge in [0.05, 0.1) is 11.3 Å². The van der Waals surface area contributed by atoms with Crippen molar-refractivity contribution in [3.63, 3.8) is 0 Å². The average Bonchev–Trinajstić information content (AvgIpc) is 2.36. The molecule has 0 spiro atoms. The van der Waals surface area contributed by atoms with Gasteiger partial charge in [0.15, 0.2) is 5.57 Å². The summed E-state index contributed by atoms with van der Waals surface area (Å²) in [5.74, 6) is -4.70. The molecule has 10 heteroatoms. The molecule has 0 amide bonds. The summed E-state index contributed by atoms with van der Waals surface area (Å²) in [5, 5.41) is 2.18. The first kappa shape index (κ1) is 18.2. The largest absolute Gasteiger partial charge is 0.419 e. The average molecular weight is 412 g/mol. The molecule has 130 valence electrons. The van der Waals surface area contributed by atoms with E-state index in [0.29, 0.717) is 6.20 Å². The summed E-state index contributed by atoms with van der Waals surface area (Å²) in [5.41, 5.74) is -2.51. The molecule has 1 fully saturated rings. The number of rotatable bonds is 2. The Morgan fingerprint density at radius 3 is 2.21 bits per heavy atom. The number of nitrogens with one attached hydrogen (secondary N) is 1. The summed E-state index contributed by atoms with van der Waals surface area (Å²) < 4.78 is 61.6. The van der Waals surface area contributed by atoms with Gasteiger partial charge in [0, 0.05) is 24.5 Å². The fourth-order valence-corrected chi connectivity index (χ4v) is 2.41. The van der Waals surface area contributed by atoms with Crippen molar-refractivity contribution in [1.29, 1.82) is 0 Å². The van der Waals surface area contributed by atoms with Gasteiger partial charge in [0.25, 0.3) is 5.79 Å². The highest BCUT2D eigenvalue weighted by Crippen LogP contribution is 2.39. The van der Waals surface area contributed by atoms with Crippen LogP contribution in [0.2, 0.25) is 0 Å². The van der Waals surface area contributed by atoms with E-state index in [1.807, 2.05) is 0 Å². The van der Waals surface area contributed by atoms with E-state index in [0.717, 1.165) is 6.07 Å². The van der Waals surface area contributed by atoms with Crippen LogP contribution in [0.3, 0.4) is 0 Å². The van der Waals surface area contributed by atoms with E-state index in [-0.39, 0.29) is 10.5 Å². The molecule has 0 atom stereocenters. The number of ether oxygens (including phenoxy) is 2. The maximum absolute atomic E-state index is 13.2. The van der Waals surface area contributed by atoms with Crippen LogP contribution in [-0.2, 0) is 25.2 Å². The third-order valence-corrected chi connectivity index (χ3v) is 3.46. The van der Waals surface area contributed by atoms with Crippen LogP contribution in [0.4, 0.5) is 23.2 Å². The van der Waals surface area contributed by atoms with Gasteiger partial charge in [0.2, 0.25) is 0 Å². The molecule has 1 N–H and O–H groups in total. The second-order valence-corrected chi connectivity index (χ2v) is 6.04. The van der Waals surface area contributed by atoms with Crippen LogP contribution >= 0.6 is 15.9 Å². The molecular formula is C14H10BrF4NO4. The van der Waals surface area contributed by atoms with Crippen LogP contribution in [-0.4, -0.2) is 17.7 Å². The van der Waals surface area contributed by atoms with Gasteiger partial charge in [0.1, 0.15) is 5.82 Å². The molecule has 24 heavy (non-hydrogen) atoms. The van der Waals surface area contributed by atoms with Gasteiger partial charge in [-0.25, -0.2) is 14.0 Å². The Kier molecular flexibility index (Phi) is 4.62. The number of halogens is 5. The normalized spacial score (nSPS) is 17.2. The zero-order chi connectivity index (χ0) is 18.3. The van der Waals surface area contributed by atoms with Gasteiger partial charge < -0.3 is 14.8 Å². The minimum Gasteiger partial charge on any atom is -0.419 e. The summed E-state index contributed by atoms with van der Waals surface area (Å²) in [4.78, 5) is 23.5. The first-order chi connectivity index (χ1) is 10.9. The third-order valence-electron chi connectivity index (χ3n) is 2.84. The van der Waals surface area contributed by atoms with Gasteiger partial charge in [-0.1, -0.05) is 0 Å². The maximum atomic E-state index is 13.2. The Bertz CT molecular complexity index is 721. The smallest absolute Gasteiger partial charge is 0.418 e. The molecule has 1 aromatic rings. The van der Waals surface area contributed by atoms with E-state index < -0.39 is 46.5 Å². The summed E-state index contributed by atoms with van der Waals surface area (Å²) >= 11 is 2.80. The number of benzene rings is 1. The first-order valence-corrected chi connectivity index (χ1v) is 7.19. The predicted octanol–water partition coefficient (Wildman–Crippen LogP) is 3.74. The summed E-state index contributed by atoms with van der Waals surface area (Å²) in [6.07, 6.45) is -4.14.